The molecule has 0 aromatic heterocycles. The van der Waals surface area contributed by atoms with E-state index in [2.05, 4.69) is 11.0 Å². The average Bonchev–Trinajstić information content (AvgIpc) is 2.98. The van der Waals surface area contributed by atoms with Crippen molar-refractivity contribution in [2.24, 2.45) is 5.73 Å². The number of hydrogen-bond donors (Lipinski definition) is 1. The zero-order valence-corrected chi connectivity index (χ0v) is 16.2. The van der Waals surface area contributed by atoms with Crippen LogP contribution >= 0.6 is 0 Å². The minimum Gasteiger partial charge on any atom is -0.484 e. The molecule has 0 aliphatic carbocycles. The largest absolute Gasteiger partial charge is 0.484 e. The van der Waals surface area contributed by atoms with Crippen molar-refractivity contribution in [2.45, 2.75) is 13.0 Å². The minimum absolute atomic E-state index is 0.0465. The van der Waals surface area contributed by atoms with Crippen LogP contribution in [0.3, 0.4) is 0 Å². The van der Waals surface area contributed by atoms with Crippen molar-refractivity contribution in [3.05, 3.63) is 65.2 Å². The number of ether oxygens (including phenoxy) is 1. The van der Waals surface area contributed by atoms with Crippen LogP contribution in [0.1, 0.15) is 27.9 Å². The molecule has 0 unspecified atom stereocenters. The Kier molecular flexibility index (Phi) is 6.82. The lowest BCUT2D eigenvalue weighted by atomic mass is 10.1. The summed E-state index contributed by atoms with van der Waals surface area (Å²) in [4.78, 5) is 28.0. The molecule has 0 radical (unpaired) electrons. The Morgan fingerprint density at radius 2 is 1.86 bits per heavy atom. The Bertz CT molecular complexity index is 905. The topological polar surface area (TPSA) is 99.7 Å². The zero-order chi connectivity index (χ0) is 20.6. The van der Waals surface area contributed by atoms with E-state index in [1.165, 1.54) is 0 Å². The quantitative estimate of drug-likeness (QED) is 0.808. The lowest BCUT2D eigenvalue weighted by Gasteiger charge is -2.22. The van der Waals surface area contributed by atoms with Crippen LogP contribution < -0.4 is 10.5 Å². The molecule has 29 heavy (non-hydrogen) atoms. The van der Waals surface area contributed by atoms with Crippen LogP contribution in [0.5, 0.6) is 5.75 Å². The van der Waals surface area contributed by atoms with Gasteiger partial charge in [0.05, 0.1) is 11.6 Å². The number of rotatable bonds is 6. The predicted octanol–water partition coefficient (Wildman–Crippen LogP) is 1.77. The second-order valence-corrected chi connectivity index (χ2v) is 7.01. The maximum absolute atomic E-state index is 12.9. The molecule has 1 aliphatic rings. The maximum atomic E-state index is 12.9. The van der Waals surface area contributed by atoms with Gasteiger partial charge in [-0.05, 0) is 42.3 Å². The van der Waals surface area contributed by atoms with Crippen molar-refractivity contribution in [2.75, 3.05) is 32.8 Å². The molecule has 0 bridgehead atoms. The third-order valence-electron chi connectivity index (χ3n) is 4.83. The summed E-state index contributed by atoms with van der Waals surface area (Å²) in [6.07, 6.45) is 0.889. The fraction of sp³-hybridized carbons (Fsp3) is 0.318. The number of nitriles is 1. The summed E-state index contributed by atoms with van der Waals surface area (Å²) in [6.45, 7) is 3.60. The van der Waals surface area contributed by atoms with Crippen LogP contribution in [0, 0.1) is 11.3 Å². The average molecular weight is 392 g/mol. The summed E-state index contributed by atoms with van der Waals surface area (Å²) in [7, 11) is 0. The van der Waals surface area contributed by atoms with Gasteiger partial charge in [0, 0.05) is 38.3 Å². The van der Waals surface area contributed by atoms with E-state index < -0.39 is 5.91 Å². The van der Waals surface area contributed by atoms with Crippen LogP contribution in [0.25, 0.3) is 0 Å². The predicted molar refractivity (Wildman–Crippen MR) is 108 cm³/mol. The molecule has 7 heteroatoms. The molecule has 2 amide bonds. The Hall–Kier alpha value is -3.37. The minimum atomic E-state index is -0.559. The summed E-state index contributed by atoms with van der Waals surface area (Å²) in [5.74, 6) is -0.154. The lowest BCUT2D eigenvalue weighted by Crippen LogP contribution is -2.35. The molecule has 0 spiro atoms. The van der Waals surface area contributed by atoms with Gasteiger partial charge in [-0.2, -0.15) is 5.26 Å². The second kappa shape index (κ2) is 9.71. The number of nitrogens with zero attached hydrogens (tertiary/aromatic N) is 3. The molecule has 2 aromatic carbocycles. The monoisotopic (exact) mass is 392 g/mol. The molecule has 2 N–H and O–H groups in total. The first-order valence-electron chi connectivity index (χ1n) is 9.57. The highest BCUT2D eigenvalue weighted by Crippen LogP contribution is 2.17. The van der Waals surface area contributed by atoms with E-state index in [9.17, 15) is 9.59 Å². The number of primary amides is 1. The maximum Gasteiger partial charge on any atom is 0.255 e. The lowest BCUT2D eigenvalue weighted by molar-refractivity contribution is -0.119. The first-order valence-corrected chi connectivity index (χ1v) is 9.57. The molecule has 0 saturated carbocycles. The number of carbonyl (C=O) groups excluding carboxylic acids is 2. The summed E-state index contributed by atoms with van der Waals surface area (Å²) in [5.41, 5.74) is 7.44. The van der Waals surface area contributed by atoms with Crippen LogP contribution in [-0.4, -0.2) is 54.4 Å². The first kappa shape index (κ1) is 20.4. The zero-order valence-electron chi connectivity index (χ0n) is 16.2. The van der Waals surface area contributed by atoms with Crippen molar-refractivity contribution in [1.29, 1.82) is 5.26 Å². The van der Waals surface area contributed by atoms with E-state index in [0.717, 1.165) is 31.6 Å². The van der Waals surface area contributed by atoms with E-state index in [0.29, 0.717) is 30.0 Å². The van der Waals surface area contributed by atoms with Crippen LogP contribution in [-0.2, 0) is 11.3 Å². The van der Waals surface area contributed by atoms with Crippen LogP contribution in [0.2, 0.25) is 0 Å². The number of amides is 2. The van der Waals surface area contributed by atoms with E-state index in [-0.39, 0.29) is 12.5 Å². The third-order valence-corrected chi connectivity index (χ3v) is 4.83. The Morgan fingerprint density at radius 3 is 2.59 bits per heavy atom. The molecule has 3 rings (SSSR count). The van der Waals surface area contributed by atoms with Gasteiger partial charge in [-0.15, -0.1) is 0 Å². The van der Waals surface area contributed by atoms with Crippen molar-refractivity contribution >= 4 is 11.8 Å². The molecular weight excluding hydrogens is 368 g/mol. The van der Waals surface area contributed by atoms with Crippen LogP contribution in [0.4, 0.5) is 0 Å². The molecule has 1 fully saturated rings. The number of carbonyl (C=O) groups is 2. The van der Waals surface area contributed by atoms with Gasteiger partial charge < -0.3 is 15.4 Å². The number of nitrogens with two attached hydrogens (primary N) is 1. The summed E-state index contributed by atoms with van der Waals surface area (Å²) in [5, 5.41) is 8.91. The highest BCUT2D eigenvalue weighted by atomic mass is 16.5. The second-order valence-electron chi connectivity index (χ2n) is 7.01. The van der Waals surface area contributed by atoms with Gasteiger partial charge in [-0.25, -0.2) is 0 Å². The number of benzene rings is 2. The van der Waals surface area contributed by atoms with Gasteiger partial charge in [0.1, 0.15) is 5.75 Å². The highest BCUT2D eigenvalue weighted by molar-refractivity contribution is 5.94. The van der Waals surface area contributed by atoms with Crippen molar-refractivity contribution in [1.82, 2.24) is 9.80 Å². The molecule has 1 heterocycles. The molecule has 1 saturated heterocycles. The van der Waals surface area contributed by atoms with Gasteiger partial charge in [0.15, 0.2) is 6.61 Å². The van der Waals surface area contributed by atoms with Gasteiger partial charge >= 0.3 is 0 Å². The fourth-order valence-corrected chi connectivity index (χ4v) is 3.33. The van der Waals surface area contributed by atoms with Crippen molar-refractivity contribution in [3.63, 3.8) is 0 Å². The normalized spacial score (nSPS) is 14.7. The Balaban J connectivity index is 1.58. The smallest absolute Gasteiger partial charge is 0.255 e. The Labute approximate surface area is 170 Å². The standard InChI is InChI=1S/C22H24N4O3/c23-14-17-5-7-18(8-6-17)15-25-9-2-10-26(12-11-25)22(28)19-3-1-4-20(13-19)29-16-21(24)27/h1,3-8,13H,2,9-12,15-16H2,(H2,24,27). The van der Waals surface area contributed by atoms with Gasteiger partial charge in [-0.3, -0.25) is 14.5 Å². The summed E-state index contributed by atoms with van der Waals surface area (Å²) in [6, 6.07) is 16.6. The Morgan fingerprint density at radius 1 is 1.07 bits per heavy atom. The van der Waals surface area contributed by atoms with Gasteiger partial charge in [0.2, 0.25) is 0 Å². The van der Waals surface area contributed by atoms with E-state index >= 15 is 0 Å². The molecular formula is C22H24N4O3. The van der Waals surface area contributed by atoms with Gasteiger partial charge in [-0.1, -0.05) is 18.2 Å². The highest BCUT2D eigenvalue weighted by Gasteiger charge is 2.20. The van der Waals surface area contributed by atoms with E-state index in [1.54, 1.807) is 24.3 Å². The van der Waals surface area contributed by atoms with E-state index in [1.807, 2.05) is 29.2 Å². The number of hydrogen-bond acceptors (Lipinski definition) is 5. The molecule has 2 aromatic rings. The van der Waals surface area contributed by atoms with Gasteiger partial charge in [0.25, 0.3) is 11.8 Å². The molecule has 1 aliphatic heterocycles. The third kappa shape index (κ3) is 5.80. The van der Waals surface area contributed by atoms with Crippen molar-refractivity contribution < 1.29 is 14.3 Å². The van der Waals surface area contributed by atoms with Crippen molar-refractivity contribution in [3.8, 4) is 11.8 Å². The fourth-order valence-electron chi connectivity index (χ4n) is 3.33. The summed E-state index contributed by atoms with van der Waals surface area (Å²) >= 11 is 0. The van der Waals surface area contributed by atoms with E-state index in [4.69, 9.17) is 15.7 Å². The molecule has 0 atom stereocenters. The summed E-state index contributed by atoms with van der Waals surface area (Å²) < 4.78 is 5.30. The molecule has 7 nitrogen and oxygen atoms in total. The first-order chi connectivity index (χ1) is 14.0. The SMILES string of the molecule is N#Cc1ccc(CN2CCCN(C(=O)c3cccc(OCC(N)=O)c3)CC2)cc1. The van der Waals surface area contributed by atoms with Crippen LogP contribution in [0.15, 0.2) is 48.5 Å². The molecule has 150 valence electrons.